The monoisotopic (exact) mass is 237 g/mol. The van der Waals surface area contributed by atoms with Crippen LogP contribution in [0.5, 0.6) is 5.75 Å². The van der Waals surface area contributed by atoms with E-state index in [1.807, 2.05) is 19.2 Å². The van der Waals surface area contributed by atoms with Gasteiger partial charge in [0, 0.05) is 5.38 Å². The van der Waals surface area contributed by atoms with Gasteiger partial charge in [-0.05, 0) is 18.1 Å². The van der Waals surface area contributed by atoms with Gasteiger partial charge in [-0.25, -0.2) is 9.37 Å². The van der Waals surface area contributed by atoms with Crippen molar-refractivity contribution in [3.63, 3.8) is 0 Å². The lowest BCUT2D eigenvalue weighted by Gasteiger charge is -2.01. The van der Waals surface area contributed by atoms with Gasteiger partial charge in [0.25, 0.3) is 0 Å². The summed E-state index contributed by atoms with van der Waals surface area (Å²) in [5, 5.41) is 11.8. The van der Waals surface area contributed by atoms with E-state index in [1.54, 1.807) is 12.1 Å². The molecule has 4 heteroatoms. The van der Waals surface area contributed by atoms with Crippen molar-refractivity contribution in [1.29, 1.82) is 0 Å². The fourth-order valence-corrected chi connectivity index (χ4v) is 2.36. The summed E-state index contributed by atoms with van der Waals surface area (Å²) in [5.41, 5.74) is 1.31. The maximum atomic E-state index is 13.6. The van der Waals surface area contributed by atoms with Crippen LogP contribution in [0.3, 0.4) is 0 Å². The van der Waals surface area contributed by atoms with Crippen molar-refractivity contribution < 1.29 is 9.50 Å². The van der Waals surface area contributed by atoms with E-state index in [9.17, 15) is 9.50 Å². The molecule has 2 nitrogen and oxygen atoms in total. The molecule has 0 aliphatic heterocycles. The second kappa shape index (κ2) is 4.22. The molecule has 1 heterocycles. The number of hydrogen-bond acceptors (Lipinski definition) is 3. The van der Waals surface area contributed by atoms with Crippen molar-refractivity contribution in [3.8, 4) is 16.3 Å². The molecule has 16 heavy (non-hydrogen) atoms. The van der Waals surface area contributed by atoms with Crippen molar-refractivity contribution >= 4 is 11.3 Å². The lowest BCUT2D eigenvalue weighted by atomic mass is 10.1. The Morgan fingerprint density at radius 1 is 1.38 bits per heavy atom. The molecule has 0 aliphatic carbocycles. The van der Waals surface area contributed by atoms with Crippen molar-refractivity contribution in [2.24, 2.45) is 0 Å². The van der Waals surface area contributed by atoms with Crippen LogP contribution in [0, 0.1) is 5.82 Å². The smallest absolute Gasteiger partial charge is 0.175 e. The highest BCUT2D eigenvalue weighted by Crippen LogP contribution is 2.31. The number of halogens is 1. The predicted octanol–water partition coefficient (Wildman–Crippen LogP) is 3.78. The quantitative estimate of drug-likeness (QED) is 0.862. The summed E-state index contributed by atoms with van der Waals surface area (Å²) in [4.78, 5) is 4.35. The number of rotatable bonds is 2. The Morgan fingerprint density at radius 2 is 2.12 bits per heavy atom. The molecule has 84 valence electrons. The molecule has 0 radical (unpaired) electrons. The van der Waals surface area contributed by atoms with Crippen molar-refractivity contribution in [3.05, 3.63) is 35.1 Å². The third-order valence-corrected chi connectivity index (χ3v) is 3.22. The Labute approximate surface area is 97.4 Å². The third kappa shape index (κ3) is 1.93. The van der Waals surface area contributed by atoms with Gasteiger partial charge in [0.1, 0.15) is 5.01 Å². The summed E-state index contributed by atoms with van der Waals surface area (Å²) in [6.07, 6.45) is 0. The molecular formula is C12H12FNOS. The molecular weight excluding hydrogens is 225 g/mol. The molecule has 0 amide bonds. The number of benzene rings is 1. The zero-order chi connectivity index (χ0) is 11.7. The number of phenols is 1. The Kier molecular flexibility index (Phi) is 2.92. The normalized spacial score (nSPS) is 11.0. The first-order valence-corrected chi connectivity index (χ1v) is 5.91. The Balaban J connectivity index is 2.47. The van der Waals surface area contributed by atoms with Crippen molar-refractivity contribution in [2.45, 2.75) is 19.8 Å². The second-order valence-corrected chi connectivity index (χ2v) is 4.73. The molecule has 2 aromatic rings. The lowest BCUT2D eigenvalue weighted by molar-refractivity contribution is 0.433. The van der Waals surface area contributed by atoms with Gasteiger partial charge in [-0.1, -0.05) is 19.9 Å². The summed E-state index contributed by atoms with van der Waals surface area (Å²) in [5.74, 6) is -0.615. The number of aromatic hydroxyl groups is 1. The topological polar surface area (TPSA) is 33.1 Å². The summed E-state index contributed by atoms with van der Waals surface area (Å²) < 4.78 is 13.6. The van der Waals surface area contributed by atoms with Crippen LogP contribution in [0.25, 0.3) is 10.6 Å². The molecule has 0 fully saturated rings. The summed E-state index contributed by atoms with van der Waals surface area (Å²) >= 11 is 1.39. The largest absolute Gasteiger partial charge is 0.505 e. The number of aromatic nitrogens is 1. The minimum atomic E-state index is -0.604. The molecule has 1 N–H and O–H groups in total. The maximum Gasteiger partial charge on any atom is 0.175 e. The Morgan fingerprint density at radius 3 is 2.75 bits per heavy atom. The van der Waals surface area contributed by atoms with Gasteiger partial charge in [0.15, 0.2) is 11.6 Å². The van der Waals surface area contributed by atoms with E-state index in [0.29, 0.717) is 16.5 Å². The molecule has 0 atom stereocenters. The highest BCUT2D eigenvalue weighted by molar-refractivity contribution is 7.13. The van der Waals surface area contributed by atoms with Gasteiger partial charge in [0.2, 0.25) is 0 Å². The standard InChI is InChI=1S/C12H12FNOS/c1-7(2)9-6-16-12(14-9)8-4-3-5-10(15)11(8)13/h3-7,15H,1-2H3. The fourth-order valence-electron chi connectivity index (χ4n) is 1.36. The van der Waals surface area contributed by atoms with Gasteiger partial charge >= 0.3 is 0 Å². The zero-order valence-electron chi connectivity index (χ0n) is 9.07. The molecule has 0 unspecified atom stereocenters. The van der Waals surface area contributed by atoms with E-state index in [1.165, 1.54) is 17.4 Å². The van der Waals surface area contributed by atoms with Crippen LogP contribution < -0.4 is 0 Å². The van der Waals surface area contributed by atoms with E-state index in [4.69, 9.17) is 0 Å². The van der Waals surface area contributed by atoms with E-state index >= 15 is 0 Å². The molecule has 0 spiro atoms. The van der Waals surface area contributed by atoms with Crippen molar-refractivity contribution in [2.75, 3.05) is 0 Å². The summed E-state index contributed by atoms with van der Waals surface area (Å²) in [7, 11) is 0. The number of phenolic OH excluding ortho intramolecular Hbond substituents is 1. The molecule has 2 rings (SSSR count). The Bertz CT molecular complexity index is 507. The first-order valence-electron chi connectivity index (χ1n) is 5.03. The molecule has 0 bridgehead atoms. The van der Waals surface area contributed by atoms with Crippen LogP contribution in [0.15, 0.2) is 23.6 Å². The highest BCUT2D eigenvalue weighted by Gasteiger charge is 2.13. The van der Waals surface area contributed by atoms with E-state index in [0.717, 1.165) is 5.69 Å². The van der Waals surface area contributed by atoms with E-state index < -0.39 is 5.82 Å². The third-order valence-electron chi connectivity index (χ3n) is 2.32. The average Bonchev–Trinajstić information content (AvgIpc) is 2.71. The lowest BCUT2D eigenvalue weighted by Crippen LogP contribution is -1.88. The average molecular weight is 237 g/mol. The van der Waals surface area contributed by atoms with Gasteiger partial charge in [-0.15, -0.1) is 11.3 Å². The van der Waals surface area contributed by atoms with Crippen LogP contribution in [0.1, 0.15) is 25.5 Å². The number of thiazole rings is 1. The first-order chi connectivity index (χ1) is 7.59. The highest BCUT2D eigenvalue weighted by atomic mass is 32.1. The van der Waals surface area contributed by atoms with E-state index in [-0.39, 0.29) is 5.75 Å². The van der Waals surface area contributed by atoms with E-state index in [2.05, 4.69) is 4.98 Å². The Hall–Kier alpha value is -1.42. The van der Waals surface area contributed by atoms with Crippen LogP contribution in [-0.2, 0) is 0 Å². The molecule has 1 aromatic carbocycles. The zero-order valence-corrected chi connectivity index (χ0v) is 9.88. The minimum Gasteiger partial charge on any atom is -0.505 e. The predicted molar refractivity (Wildman–Crippen MR) is 63.3 cm³/mol. The van der Waals surface area contributed by atoms with Crippen molar-refractivity contribution in [1.82, 2.24) is 4.98 Å². The maximum absolute atomic E-state index is 13.6. The van der Waals surface area contributed by atoms with Crippen LogP contribution in [0.4, 0.5) is 4.39 Å². The van der Waals surface area contributed by atoms with Gasteiger partial charge < -0.3 is 5.11 Å². The SMILES string of the molecule is CC(C)c1csc(-c2cccc(O)c2F)n1. The minimum absolute atomic E-state index is 0.324. The van der Waals surface area contributed by atoms with Gasteiger partial charge in [-0.3, -0.25) is 0 Å². The number of hydrogen-bond donors (Lipinski definition) is 1. The number of nitrogens with zero attached hydrogens (tertiary/aromatic N) is 1. The molecule has 0 aliphatic rings. The van der Waals surface area contributed by atoms with Crippen LogP contribution in [0.2, 0.25) is 0 Å². The molecule has 0 saturated carbocycles. The van der Waals surface area contributed by atoms with Gasteiger partial charge in [0.05, 0.1) is 11.3 Å². The van der Waals surface area contributed by atoms with Crippen LogP contribution >= 0.6 is 11.3 Å². The van der Waals surface area contributed by atoms with Gasteiger partial charge in [-0.2, -0.15) is 0 Å². The molecule has 1 aromatic heterocycles. The van der Waals surface area contributed by atoms with Crippen LogP contribution in [-0.4, -0.2) is 10.1 Å². The second-order valence-electron chi connectivity index (χ2n) is 3.87. The first kappa shape index (κ1) is 11.1. The summed E-state index contributed by atoms with van der Waals surface area (Å²) in [6.45, 7) is 4.08. The fraction of sp³-hybridized carbons (Fsp3) is 0.250. The summed E-state index contributed by atoms with van der Waals surface area (Å²) in [6, 6.07) is 4.57. The molecule has 0 saturated heterocycles.